The second-order valence-corrected chi connectivity index (χ2v) is 7.52. The van der Waals surface area contributed by atoms with Crippen LogP contribution in [0.2, 0.25) is 0 Å². The van der Waals surface area contributed by atoms with E-state index in [2.05, 4.69) is 0 Å². The fourth-order valence-corrected chi connectivity index (χ4v) is 3.28. The number of ether oxygens (including phenoxy) is 3. The third-order valence-electron chi connectivity index (χ3n) is 4.96. The monoisotopic (exact) mass is 433 g/mol. The Labute approximate surface area is 202 Å². The normalized spacial score (nSPS) is 43.8. The molecule has 1 saturated heterocycles. The maximum absolute atomic E-state index is 13.2. The summed E-state index contributed by atoms with van der Waals surface area (Å²) >= 11 is 0. The molecule has 0 aromatic heterocycles. The zero-order chi connectivity index (χ0) is 35.1. The largest absolute Gasteiger partial charge is 0.493 e. The van der Waals surface area contributed by atoms with E-state index in [0.29, 0.717) is 11.8 Å². The first-order valence-corrected chi connectivity index (χ1v) is 9.62. The Morgan fingerprint density at radius 2 is 2.20 bits per heavy atom. The van der Waals surface area contributed by atoms with Crippen LogP contribution in [0.4, 0.5) is 0 Å². The average Bonchev–Trinajstić information content (AvgIpc) is 2.87. The SMILES string of the molecule is [2H]C([2H])([2H])Oc1cc2c(cc1OC)CCN1C([2H])([2H])C([2H])(C([2H])([2H])C([2H])(C)C([2H])([2H])[2H])C(OC(=O)[C@@H](N)C(C)C)C([2H])([2H])C21[2H]. The highest BCUT2D eigenvalue weighted by molar-refractivity contribution is 5.76. The molecule has 2 aliphatic rings. The molecule has 1 aromatic rings. The molecule has 30 heavy (non-hydrogen) atoms. The summed E-state index contributed by atoms with van der Waals surface area (Å²) in [5, 5.41) is 0. The summed E-state index contributed by atoms with van der Waals surface area (Å²) in [5.74, 6) is -9.56. The highest BCUT2D eigenvalue weighted by Gasteiger charge is 2.41. The Morgan fingerprint density at radius 1 is 1.43 bits per heavy atom. The number of carbonyl (C=O) groups is 1. The van der Waals surface area contributed by atoms with Gasteiger partial charge in [-0.05, 0) is 47.9 Å². The van der Waals surface area contributed by atoms with Crippen molar-refractivity contribution < 1.29 is 39.6 Å². The molecule has 1 fully saturated rings. The van der Waals surface area contributed by atoms with Gasteiger partial charge in [0.2, 0.25) is 0 Å². The van der Waals surface area contributed by atoms with Gasteiger partial charge in [-0.3, -0.25) is 9.69 Å². The van der Waals surface area contributed by atoms with Crippen LogP contribution in [0.5, 0.6) is 11.5 Å². The molecule has 6 nitrogen and oxygen atoms in total. The fraction of sp³-hybridized carbons (Fsp3) is 0.708. The zero-order valence-corrected chi connectivity index (χ0v) is 17.5. The summed E-state index contributed by atoms with van der Waals surface area (Å²) in [5.41, 5.74) is 5.75. The molecule has 2 aliphatic heterocycles. The standard InChI is InChI=1S/C24H38N2O4/c1-14(2)9-17-13-26-8-7-16-10-21(28-5)22(29-6)11-18(16)19(26)12-20(17)30-24(27)23(25)15(3)4/h10-11,14-15,17,19-20,23H,7-9,12-13,25H2,1-6H3/t17?,19?,20?,23-/m0/s1/i1D3,6D3,9D2,12D2,13D2,14D,17D,19D/t14?,17?,19?,20?,23-. The highest BCUT2D eigenvalue weighted by atomic mass is 16.5. The van der Waals surface area contributed by atoms with Crippen LogP contribution < -0.4 is 15.2 Å². The first kappa shape index (κ1) is 10.2. The minimum atomic E-state index is -3.80. The molecular weight excluding hydrogens is 380 g/mol. The van der Waals surface area contributed by atoms with Crippen LogP contribution in [0.15, 0.2) is 12.1 Å². The summed E-state index contributed by atoms with van der Waals surface area (Å²) < 4.78 is 144. The minimum Gasteiger partial charge on any atom is -0.493 e. The van der Waals surface area contributed by atoms with Crippen molar-refractivity contribution in [3.63, 3.8) is 0 Å². The predicted octanol–water partition coefficient (Wildman–Crippen LogP) is 3.56. The van der Waals surface area contributed by atoms with Crippen molar-refractivity contribution in [3.05, 3.63) is 23.3 Å². The van der Waals surface area contributed by atoms with Gasteiger partial charge in [0.05, 0.1) is 19.6 Å². The van der Waals surface area contributed by atoms with Gasteiger partial charge in [0.1, 0.15) is 12.1 Å². The molecule has 168 valence electrons. The molecule has 5 atom stereocenters. The van der Waals surface area contributed by atoms with Crippen molar-refractivity contribution in [3.8, 4) is 11.5 Å². The van der Waals surface area contributed by atoms with Gasteiger partial charge < -0.3 is 19.9 Å². The smallest absolute Gasteiger partial charge is 0.323 e. The lowest BCUT2D eigenvalue weighted by Gasteiger charge is -2.47. The molecule has 2 heterocycles. The molecule has 3 rings (SSSR count). The van der Waals surface area contributed by atoms with E-state index in [0.717, 1.165) is 6.07 Å². The molecule has 1 aromatic carbocycles. The topological polar surface area (TPSA) is 74.0 Å². The number of piperidine rings is 1. The summed E-state index contributed by atoms with van der Waals surface area (Å²) in [6, 6.07) is -2.21. The molecule has 0 bridgehead atoms. The van der Waals surface area contributed by atoms with E-state index in [4.69, 9.17) is 32.3 Å². The van der Waals surface area contributed by atoms with Crippen molar-refractivity contribution in [1.82, 2.24) is 4.90 Å². The number of esters is 1. The Bertz CT molecular complexity index is 1320. The Hall–Kier alpha value is -1.79. The lowest BCUT2D eigenvalue weighted by atomic mass is 9.79. The van der Waals surface area contributed by atoms with Crippen molar-refractivity contribution >= 4 is 5.97 Å². The van der Waals surface area contributed by atoms with Crippen LogP contribution in [-0.4, -0.2) is 50.2 Å². The second kappa shape index (κ2) is 9.56. The third kappa shape index (κ3) is 4.75. The molecule has 0 radical (unpaired) electrons. The first-order chi connectivity index (χ1) is 20.0. The zero-order valence-electron chi connectivity index (χ0n) is 32.5. The van der Waals surface area contributed by atoms with Gasteiger partial charge in [0.15, 0.2) is 11.5 Å². The van der Waals surface area contributed by atoms with Gasteiger partial charge in [-0.2, -0.15) is 0 Å². The van der Waals surface area contributed by atoms with Crippen LogP contribution in [0.3, 0.4) is 0 Å². The van der Waals surface area contributed by atoms with Gasteiger partial charge >= 0.3 is 5.97 Å². The van der Waals surface area contributed by atoms with Gasteiger partial charge in [-0.25, -0.2) is 0 Å². The molecule has 2 N–H and O–H groups in total. The maximum Gasteiger partial charge on any atom is 0.323 e. The number of rotatable bonds is 7. The first-order valence-electron chi connectivity index (χ1n) is 17.1. The lowest BCUT2D eigenvalue weighted by molar-refractivity contribution is -0.160. The predicted molar refractivity (Wildman–Crippen MR) is 118 cm³/mol. The Balaban J connectivity index is 2.46. The third-order valence-corrected chi connectivity index (χ3v) is 4.96. The number of hydrogen-bond donors (Lipinski definition) is 1. The number of nitrogens with zero attached hydrogens (tertiary/aromatic N) is 1. The molecule has 0 saturated carbocycles. The number of hydrogen-bond acceptors (Lipinski definition) is 6. The molecule has 0 aliphatic carbocycles. The van der Waals surface area contributed by atoms with Crippen LogP contribution in [-0.2, 0) is 16.0 Å². The van der Waals surface area contributed by atoms with Crippen LogP contribution >= 0.6 is 0 Å². The Kier molecular flexibility index (Phi) is 3.26. The summed E-state index contributed by atoms with van der Waals surface area (Å²) in [6.45, 7) is -3.91. The molecule has 6 heteroatoms. The second-order valence-electron chi connectivity index (χ2n) is 7.52. The van der Waals surface area contributed by atoms with Crippen molar-refractivity contribution in [1.29, 1.82) is 0 Å². The van der Waals surface area contributed by atoms with Crippen molar-refractivity contribution in [2.75, 3.05) is 27.2 Å². The van der Waals surface area contributed by atoms with Gasteiger partial charge in [0, 0.05) is 46.4 Å². The molecular formula is C24H38N2O4. The lowest BCUT2D eigenvalue weighted by Crippen LogP contribution is -2.51. The van der Waals surface area contributed by atoms with Gasteiger partial charge in [-0.1, -0.05) is 27.6 Å². The van der Waals surface area contributed by atoms with E-state index < -0.39 is 87.3 Å². The summed E-state index contributed by atoms with van der Waals surface area (Å²) in [4.78, 5) is 13.8. The number of methoxy groups -OCH3 is 2. The molecule has 4 unspecified atom stereocenters. The minimum absolute atomic E-state index is 0.0963. The Morgan fingerprint density at radius 3 is 2.87 bits per heavy atom. The quantitative estimate of drug-likeness (QED) is 0.663. The van der Waals surface area contributed by atoms with Crippen LogP contribution in [0.1, 0.15) is 78.1 Å². The van der Waals surface area contributed by atoms with E-state index in [1.54, 1.807) is 0 Å². The maximum atomic E-state index is 13.2. The van der Waals surface area contributed by atoms with Crippen molar-refractivity contribution in [2.45, 2.75) is 65.0 Å². The van der Waals surface area contributed by atoms with Crippen LogP contribution in [0, 0.1) is 17.7 Å². The van der Waals surface area contributed by atoms with Crippen LogP contribution in [0.25, 0.3) is 0 Å². The molecule has 0 spiro atoms. The van der Waals surface area contributed by atoms with E-state index in [-0.39, 0.29) is 23.3 Å². The molecule has 0 amide bonds. The number of benzene rings is 1. The van der Waals surface area contributed by atoms with E-state index >= 15 is 0 Å². The van der Waals surface area contributed by atoms with Crippen molar-refractivity contribution in [2.24, 2.45) is 23.4 Å². The number of carbonyl (C=O) groups excluding carboxylic acids is 1. The fourth-order valence-electron chi connectivity index (χ4n) is 3.28. The number of nitrogens with two attached hydrogens (primary N) is 1. The summed E-state index contributed by atoms with van der Waals surface area (Å²) in [6.07, 6.45) is -10.3. The average molecular weight is 434 g/mol. The van der Waals surface area contributed by atoms with E-state index in [1.807, 2.05) is 0 Å². The van der Waals surface area contributed by atoms with Gasteiger partial charge in [0.25, 0.3) is 0 Å². The highest BCUT2D eigenvalue weighted by Crippen LogP contribution is 2.44. The number of fused-ring (bicyclic) bond motifs is 3. The van der Waals surface area contributed by atoms with Gasteiger partial charge in [-0.15, -0.1) is 0 Å². The van der Waals surface area contributed by atoms with E-state index in [1.165, 1.54) is 27.0 Å². The summed E-state index contributed by atoms with van der Waals surface area (Å²) in [7, 11) is -1.82. The van der Waals surface area contributed by atoms with E-state index in [9.17, 15) is 13.0 Å².